The Morgan fingerprint density at radius 1 is 1.19 bits per heavy atom. The number of hydrogen-bond acceptors (Lipinski definition) is 6. The second-order valence-corrected chi connectivity index (χ2v) is 7.11. The van der Waals surface area contributed by atoms with Gasteiger partial charge in [-0.1, -0.05) is 25.5 Å². The Hall–Kier alpha value is -2.94. The molecule has 2 aromatic carbocycles. The maximum absolute atomic E-state index is 12.4. The second kappa shape index (κ2) is 8.43. The van der Waals surface area contributed by atoms with Gasteiger partial charge in [0, 0.05) is 17.8 Å². The Bertz CT molecular complexity index is 911. The largest absolute Gasteiger partial charge is 0.462 e. The van der Waals surface area contributed by atoms with Gasteiger partial charge >= 0.3 is 5.97 Å². The third-order valence-electron chi connectivity index (χ3n) is 3.42. The molecule has 2 rings (SSSR count). The molecule has 2 aromatic rings. The molecular formula is C17H18N2O6S. The van der Waals surface area contributed by atoms with E-state index in [1.165, 1.54) is 42.5 Å². The molecule has 0 saturated heterocycles. The maximum Gasteiger partial charge on any atom is 0.338 e. The Kier molecular flexibility index (Phi) is 6.29. The van der Waals surface area contributed by atoms with E-state index in [1.807, 2.05) is 6.92 Å². The summed E-state index contributed by atoms with van der Waals surface area (Å²) in [6, 6.07) is 10.5. The lowest BCUT2D eigenvalue weighted by atomic mass is 10.2. The van der Waals surface area contributed by atoms with Crippen LogP contribution in [0.4, 0.5) is 11.4 Å². The number of nitrogens with one attached hydrogen (secondary N) is 1. The molecule has 138 valence electrons. The zero-order chi connectivity index (χ0) is 19.2. The van der Waals surface area contributed by atoms with Gasteiger partial charge in [-0.2, -0.15) is 0 Å². The summed E-state index contributed by atoms with van der Waals surface area (Å²) in [5.41, 5.74) is 0.0305. The molecule has 0 unspecified atom stereocenters. The highest BCUT2D eigenvalue weighted by Crippen LogP contribution is 2.21. The monoisotopic (exact) mass is 378 g/mol. The molecule has 0 radical (unpaired) electrons. The van der Waals surface area contributed by atoms with Gasteiger partial charge in [0.15, 0.2) is 0 Å². The van der Waals surface area contributed by atoms with E-state index in [0.717, 1.165) is 18.9 Å². The minimum Gasteiger partial charge on any atom is -0.462 e. The topological polar surface area (TPSA) is 116 Å². The lowest BCUT2D eigenvalue weighted by Crippen LogP contribution is -2.14. The number of esters is 1. The Labute approximate surface area is 151 Å². The molecule has 8 nitrogen and oxygen atoms in total. The van der Waals surface area contributed by atoms with E-state index in [4.69, 9.17) is 4.74 Å². The van der Waals surface area contributed by atoms with Crippen LogP contribution in [0.15, 0.2) is 53.4 Å². The van der Waals surface area contributed by atoms with Gasteiger partial charge in [0.05, 0.1) is 22.0 Å². The minimum absolute atomic E-state index is 0.154. The van der Waals surface area contributed by atoms with Crippen molar-refractivity contribution in [1.82, 2.24) is 0 Å². The molecule has 26 heavy (non-hydrogen) atoms. The van der Waals surface area contributed by atoms with Gasteiger partial charge in [0.25, 0.3) is 15.7 Å². The number of sulfonamides is 1. The number of benzene rings is 2. The van der Waals surface area contributed by atoms with Gasteiger partial charge in [-0.3, -0.25) is 14.8 Å². The van der Waals surface area contributed by atoms with Crippen molar-refractivity contribution in [2.75, 3.05) is 11.3 Å². The first-order chi connectivity index (χ1) is 12.3. The number of nitrogens with zero attached hydrogens (tertiary/aromatic N) is 1. The van der Waals surface area contributed by atoms with Crippen LogP contribution < -0.4 is 4.72 Å². The van der Waals surface area contributed by atoms with Crippen LogP contribution in [0.5, 0.6) is 0 Å². The summed E-state index contributed by atoms with van der Waals surface area (Å²) < 4.78 is 32.2. The van der Waals surface area contributed by atoms with Crippen molar-refractivity contribution in [3.8, 4) is 0 Å². The number of anilines is 1. The quantitative estimate of drug-likeness (QED) is 0.326. The van der Waals surface area contributed by atoms with E-state index >= 15 is 0 Å². The highest BCUT2D eigenvalue weighted by molar-refractivity contribution is 7.92. The van der Waals surface area contributed by atoms with Gasteiger partial charge in [0.2, 0.25) is 0 Å². The van der Waals surface area contributed by atoms with Gasteiger partial charge in [0.1, 0.15) is 0 Å². The Morgan fingerprint density at radius 2 is 1.92 bits per heavy atom. The predicted octanol–water partition coefficient (Wildman–Crippen LogP) is 3.35. The number of nitro benzene ring substituents is 1. The van der Waals surface area contributed by atoms with E-state index < -0.39 is 20.9 Å². The van der Waals surface area contributed by atoms with Crippen molar-refractivity contribution in [2.24, 2.45) is 0 Å². The molecule has 0 fully saturated rings. The van der Waals surface area contributed by atoms with Crippen molar-refractivity contribution >= 4 is 27.4 Å². The van der Waals surface area contributed by atoms with E-state index in [0.29, 0.717) is 6.61 Å². The molecule has 0 aromatic heterocycles. The molecule has 0 amide bonds. The molecule has 0 spiro atoms. The van der Waals surface area contributed by atoms with Gasteiger partial charge in [-0.25, -0.2) is 13.2 Å². The summed E-state index contributed by atoms with van der Waals surface area (Å²) in [5, 5.41) is 10.8. The van der Waals surface area contributed by atoms with Crippen LogP contribution in [0, 0.1) is 10.1 Å². The molecule has 0 aliphatic heterocycles. The van der Waals surface area contributed by atoms with Crippen molar-refractivity contribution in [2.45, 2.75) is 24.7 Å². The average molecular weight is 378 g/mol. The average Bonchev–Trinajstić information content (AvgIpc) is 2.62. The predicted molar refractivity (Wildman–Crippen MR) is 95.5 cm³/mol. The fourth-order valence-corrected chi connectivity index (χ4v) is 3.17. The molecule has 0 aliphatic rings. The number of hydrogen-bond donors (Lipinski definition) is 1. The smallest absolute Gasteiger partial charge is 0.338 e. The lowest BCUT2D eigenvalue weighted by Gasteiger charge is -2.09. The van der Waals surface area contributed by atoms with Crippen molar-refractivity contribution < 1.29 is 22.9 Å². The highest BCUT2D eigenvalue weighted by Gasteiger charge is 2.18. The summed E-state index contributed by atoms with van der Waals surface area (Å²) in [4.78, 5) is 21.8. The van der Waals surface area contributed by atoms with E-state index in [2.05, 4.69) is 4.72 Å². The van der Waals surface area contributed by atoms with Crippen molar-refractivity contribution in [3.63, 3.8) is 0 Å². The lowest BCUT2D eigenvalue weighted by molar-refractivity contribution is -0.385. The fraction of sp³-hybridized carbons (Fsp3) is 0.235. The van der Waals surface area contributed by atoms with Crippen LogP contribution >= 0.6 is 0 Å². The zero-order valence-electron chi connectivity index (χ0n) is 14.0. The van der Waals surface area contributed by atoms with Crippen LogP contribution in [0.3, 0.4) is 0 Å². The third-order valence-corrected chi connectivity index (χ3v) is 4.80. The van der Waals surface area contributed by atoms with Crippen LogP contribution in [-0.4, -0.2) is 25.9 Å². The molecule has 0 saturated carbocycles. The standard InChI is InChI=1S/C17H18N2O6S/c1-2-3-10-25-17(20)13-6-4-7-14(11-13)18-26(23,24)16-9-5-8-15(12-16)19(21)22/h4-9,11-12,18H,2-3,10H2,1H3. The Morgan fingerprint density at radius 3 is 2.62 bits per heavy atom. The number of carbonyl (C=O) groups is 1. The number of nitro groups is 1. The summed E-state index contributed by atoms with van der Waals surface area (Å²) in [5.74, 6) is -0.546. The summed E-state index contributed by atoms with van der Waals surface area (Å²) in [7, 11) is -4.04. The molecule has 0 bridgehead atoms. The number of carbonyl (C=O) groups excluding carboxylic acids is 1. The normalized spacial score (nSPS) is 11.0. The van der Waals surface area contributed by atoms with Crippen LogP contribution in [0.2, 0.25) is 0 Å². The van der Waals surface area contributed by atoms with Crippen LogP contribution in [-0.2, 0) is 14.8 Å². The molecular weight excluding hydrogens is 360 g/mol. The summed E-state index contributed by atoms with van der Waals surface area (Å²) in [6.07, 6.45) is 1.63. The number of non-ortho nitro benzene ring substituents is 1. The maximum atomic E-state index is 12.4. The van der Waals surface area contributed by atoms with Crippen LogP contribution in [0.25, 0.3) is 0 Å². The van der Waals surface area contributed by atoms with E-state index in [1.54, 1.807) is 0 Å². The number of unbranched alkanes of at least 4 members (excludes halogenated alkanes) is 1. The Balaban J connectivity index is 2.19. The number of ether oxygens (including phenoxy) is 1. The van der Waals surface area contributed by atoms with E-state index in [-0.39, 0.29) is 21.8 Å². The summed E-state index contributed by atoms with van der Waals surface area (Å²) >= 11 is 0. The molecule has 9 heteroatoms. The molecule has 0 atom stereocenters. The van der Waals surface area contributed by atoms with Gasteiger partial charge in [-0.05, 0) is 30.7 Å². The van der Waals surface area contributed by atoms with Gasteiger partial charge < -0.3 is 4.74 Å². The SMILES string of the molecule is CCCCOC(=O)c1cccc(NS(=O)(=O)c2cccc([N+](=O)[O-])c2)c1. The summed E-state index contributed by atoms with van der Waals surface area (Å²) in [6.45, 7) is 2.26. The molecule has 1 N–H and O–H groups in total. The second-order valence-electron chi connectivity index (χ2n) is 5.43. The third kappa shape index (κ3) is 5.03. The first-order valence-electron chi connectivity index (χ1n) is 7.88. The first kappa shape index (κ1) is 19.4. The molecule has 0 heterocycles. The van der Waals surface area contributed by atoms with Gasteiger partial charge in [-0.15, -0.1) is 0 Å². The minimum atomic E-state index is -4.04. The number of rotatable bonds is 8. The first-order valence-corrected chi connectivity index (χ1v) is 9.36. The van der Waals surface area contributed by atoms with Crippen molar-refractivity contribution in [1.29, 1.82) is 0 Å². The fourth-order valence-electron chi connectivity index (χ4n) is 2.08. The van der Waals surface area contributed by atoms with Crippen molar-refractivity contribution in [3.05, 3.63) is 64.2 Å². The van der Waals surface area contributed by atoms with E-state index in [9.17, 15) is 23.3 Å². The van der Waals surface area contributed by atoms with Crippen LogP contribution in [0.1, 0.15) is 30.1 Å². The zero-order valence-corrected chi connectivity index (χ0v) is 14.9. The highest BCUT2D eigenvalue weighted by atomic mass is 32.2. The molecule has 0 aliphatic carbocycles.